The van der Waals surface area contributed by atoms with Crippen molar-refractivity contribution in [1.82, 2.24) is 0 Å². The van der Waals surface area contributed by atoms with Crippen LogP contribution in [0, 0.1) is 0 Å². The predicted molar refractivity (Wildman–Crippen MR) is 92.4 cm³/mol. The summed E-state index contributed by atoms with van der Waals surface area (Å²) < 4.78 is 20.1. The SMILES string of the molecule is CCCCCC/C=C(\CCCCCCCC(=O)O)CS(=O)O. The van der Waals surface area contributed by atoms with Gasteiger partial charge in [0.1, 0.15) is 0 Å². The van der Waals surface area contributed by atoms with Crippen molar-refractivity contribution in [1.29, 1.82) is 0 Å². The Bertz CT molecular complexity index is 340. The molecule has 0 aliphatic carbocycles. The van der Waals surface area contributed by atoms with Gasteiger partial charge in [-0.2, -0.15) is 0 Å². The third kappa shape index (κ3) is 15.7. The van der Waals surface area contributed by atoms with Crippen LogP contribution in [0.5, 0.6) is 0 Å². The van der Waals surface area contributed by atoms with Crippen LogP contribution in [-0.4, -0.2) is 25.6 Å². The fraction of sp³-hybridized carbons (Fsp3) is 0.824. The molecule has 2 N–H and O–H groups in total. The second-order valence-corrected chi connectivity index (χ2v) is 6.77. The zero-order chi connectivity index (χ0) is 16.6. The monoisotopic (exact) mass is 332 g/mol. The summed E-state index contributed by atoms with van der Waals surface area (Å²) in [4.78, 5) is 10.4. The first-order chi connectivity index (χ1) is 10.6. The Kier molecular flexibility index (Phi) is 14.8. The van der Waals surface area contributed by atoms with Gasteiger partial charge in [-0.25, -0.2) is 4.21 Å². The zero-order valence-electron chi connectivity index (χ0n) is 13.9. The second kappa shape index (κ2) is 15.2. The van der Waals surface area contributed by atoms with E-state index in [1.165, 1.54) is 19.3 Å². The van der Waals surface area contributed by atoms with Crippen molar-refractivity contribution < 1.29 is 18.7 Å². The molecule has 4 nitrogen and oxygen atoms in total. The Labute approximate surface area is 137 Å². The van der Waals surface area contributed by atoms with Gasteiger partial charge in [0.15, 0.2) is 11.1 Å². The maximum absolute atomic E-state index is 11.0. The molecular formula is C17H32O4S. The molecule has 0 saturated carbocycles. The molecule has 0 rings (SSSR count). The molecule has 0 radical (unpaired) electrons. The number of carboxylic acid groups (broad SMARTS) is 1. The first-order valence-corrected chi connectivity index (χ1v) is 9.81. The molecule has 0 aromatic rings. The van der Waals surface area contributed by atoms with Crippen molar-refractivity contribution >= 4 is 17.0 Å². The number of allylic oxidation sites excluding steroid dienone is 1. The van der Waals surface area contributed by atoms with Crippen molar-refractivity contribution in [2.45, 2.75) is 84.0 Å². The minimum atomic E-state index is -1.75. The molecule has 0 heterocycles. The van der Waals surface area contributed by atoms with Crippen LogP contribution in [0.4, 0.5) is 0 Å². The largest absolute Gasteiger partial charge is 0.481 e. The summed E-state index contributed by atoms with van der Waals surface area (Å²) in [5.41, 5.74) is 1.10. The molecule has 1 unspecified atom stereocenters. The highest BCUT2D eigenvalue weighted by atomic mass is 32.2. The molecule has 0 bridgehead atoms. The Balaban J connectivity index is 3.81. The van der Waals surface area contributed by atoms with Crippen molar-refractivity contribution in [3.05, 3.63) is 11.6 Å². The molecule has 0 aromatic carbocycles. The maximum Gasteiger partial charge on any atom is 0.303 e. The fourth-order valence-electron chi connectivity index (χ4n) is 2.43. The Morgan fingerprint density at radius 1 is 0.955 bits per heavy atom. The van der Waals surface area contributed by atoms with E-state index in [-0.39, 0.29) is 12.2 Å². The van der Waals surface area contributed by atoms with Gasteiger partial charge in [-0.1, -0.05) is 57.1 Å². The molecule has 22 heavy (non-hydrogen) atoms. The van der Waals surface area contributed by atoms with Gasteiger partial charge in [0.2, 0.25) is 0 Å². The summed E-state index contributed by atoms with van der Waals surface area (Å²) in [5, 5.41) is 8.55. The van der Waals surface area contributed by atoms with E-state index in [4.69, 9.17) is 9.66 Å². The number of hydrogen-bond donors (Lipinski definition) is 2. The zero-order valence-corrected chi connectivity index (χ0v) is 14.7. The third-order valence-corrected chi connectivity index (χ3v) is 4.31. The van der Waals surface area contributed by atoms with E-state index in [1.54, 1.807) is 0 Å². The van der Waals surface area contributed by atoms with Crippen LogP contribution in [0.1, 0.15) is 84.0 Å². The number of unbranched alkanes of at least 4 members (excludes halogenated alkanes) is 8. The number of carboxylic acids is 1. The number of hydrogen-bond acceptors (Lipinski definition) is 2. The quantitative estimate of drug-likeness (QED) is 0.253. The summed E-state index contributed by atoms with van der Waals surface area (Å²) in [7, 11) is 0. The van der Waals surface area contributed by atoms with Crippen LogP contribution < -0.4 is 0 Å². The first kappa shape index (κ1) is 21.3. The number of carbonyl (C=O) groups is 1. The smallest absolute Gasteiger partial charge is 0.303 e. The van der Waals surface area contributed by atoms with Gasteiger partial charge in [0.05, 0.1) is 5.75 Å². The lowest BCUT2D eigenvalue weighted by Gasteiger charge is -2.06. The molecule has 0 aromatic heterocycles. The lowest BCUT2D eigenvalue weighted by atomic mass is 10.0. The van der Waals surface area contributed by atoms with Crippen LogP contribution in [0.2, 0.25) is 0 Å². The van der Waals surface area contributed by atoms with E-state index >= 15 is 0 Å². The molecule has 0 aliphatic heterocycles. The van der Waals surface area contributed by atoms with Gasteiger partial charge in [0.25, 0.3) is 0 Å². The van der Waals surface area contributed by atoms with Gasteiger partial charge in [0, 0.05) is 6.42 Å². The summed E-state index contributed by atoms with van der Waals surface area (Å²) in [5.74, 6) is -0.453. The fourth-order valence-corrected chi connectivity index (χ4v) is 3.01. The molecule has 0 aliphatic rings. The molecular weight excluding hydrogens is 300 g/mol. The van der Waals surface area contributed by atoms with Gasteiger partial charge in [-0.3, -0.25) is 4.79 Å². The normalized spacial score (nSPS) is 13.3. The van der Waals surface area contributed by atoms with Crippen LogP contribution in [0.25, 0.3) is 0 Å². The molecule has 5 heteroatoms. The highest BCUT2D eigenvalue weighted by Crippen LogP contribution is 2.15. The Morgan fingerprint density at radius 3 is 2.14 bits per heavy atom. The highest BCUT2D eigenvalue weighted by Gasteiger charge is 2.03. The molecule has 0 amide bonds. The van der Waals surface area contributed by atoms with E-state index < -0.39 is 17.0 Å². The van der Waals surface area contributed by atoms with Gasteiger partial charge >= 0.3 is 5.97 Å². The maximum atomic E-state index is 11.0. The third-order valence-electron chi connectivity index (χ3n) is 3.69. The van der Waals surface area contributed by atoms with E-state index in [0.717, 1.165) is 56.9 Å². The van der Waals surface area contributed by atoms with Gasteiger partial charge in [-0.05, 0) is 32.1 Å². The molecule has 0 fully saturated rings. The molecule has 1 atom stereocenters. The van der Waals surface area contributed by atoms with E-state index in [0.29, 0.717) is 0 Å². The second-order valence-electron chi connectivity index (χ2n) is 5.84. The standard InChI is InChI=1S/C17H32O4S/c1-2-3-4-6-9-12-16(15-22(20)21)13-10-7-5-8-11-14-17(18)19/h12H,2-11,13-15H2,1H3,(H,18,19)(H,20,21)/b16-12+. The summed E-state index contributed by atoms with van der Waals surface area (Å²) in [6.45, 7) is 2.19. The van der Waals surface area contributed by atoms with Crippen LogP contribution in [0.3, 0.4) is 0 Å². The van der Waals surface area contributed by atoms with Crippen LogP contribution in [-0.2, 0) is 15.9 Å². The Morgan fingerprint density at radius 2 is 1.55 bits per heavy atom. The number of aliphatic carboxylic acids is 1. The van der Waals surface area contributed by atoms with E-state index in [2.05, 4.69) is 13.0 Å². The van der Waals surface area contributed by atoms with Crippen molar-refractivity contribution in [2.24, 2.45) is 0 Å². The highest BCUT2D eigenvalue weighted by molar-refractivity contribution is 7.79. The van der Waals surface area contributed by atoms with Crippen molar-refractivity contribution in [3.63, 3.8) is 0 Å². The molecule has 0 spiro atoms. The minimum Gasteiger partial charge on any atom is -0.481 e. The van der Waals surface area contributed by atoms with Crippen LogP contribution >= 0.6 is 0 Å². The van der Waals surface area contributed by atoms with Crippen molar-refractivity contribution in [3.8, 4) is 0 Å². The van der Waals surface area contributed by atoms with E-state index in [1.807, 2.05) is 0 Å². The lowest BCUT2D eigenvalue weighted by molar-refractivity contribution is -0.137. The van der Waals surface area contributed by atoms with Crippen molar-refractivity contribution in [2.75, 3.05) is 5.75 Å². The average Bonchev–Trinajstić information content (AvgIpc) is 2.44. The molecule has 130 valence electrons. The summed E-state index contributed by atoms with van der Waals surface area (Å²) in [6.07, 6.45) is 14.0. The first-order valence-electron chi connectivity index (χ1n) is 8.53. The topological polar surface area (TPSA) is 74.6 Å². The predicted octanol–water partition coefficient (Wildman–Crippen LogP) is 4.92. The lowest BCUT2D eigenvalue weighted by Crippen LogP contribution is -2.00. The summed E-state index contributed by atoms with van der Waals surface area (Å²) >= 11 is -1.75. The van der Waals surface area contributed by atoms with Gasteiger partial charge < -0.3 is 9.66 Å². The number of rotatable bonds is 15. The minimum absolute atomic E-state index is 0.256. The van der Waals surface area contributed by atoms with Gasteiger partial charge in [-0.15, -0.1) is 0 Å². The van der Waals surface area contributed by atoms with E-state index in [9.17, 15) is 9.00 Å². The Hall–Kier alpha value is -0.680. The molecule has 0 saturated heterocycles. The van der Waals surface area contributed by atoms with Crippen LogP contribution in [0.15, 0.2) is 11.6 Å². The average molecular weight is 333 g/mol. The summed E-state index contributed by atoms with van der Waals surface area (Å²) in [6, 6.07) is 0.